The highest BCUT2D eigenvalue weighted by atomic mass is 79.9. The van der Waals surface area contributed by atoms with E-state index in [-0.39, 0.29) is 6.04 Å². The van der Waals surface area contributed by atoms with Gasteiger partial charge in [-0.05, 0) is 52.5 Å². The van der Waals surface area contributed by atoms with Crippen molar-refractivity contribution < 1.29 is 0 Å². The Labute approximate surface area is 138 Å². The standard InChI is InChI=1S/C15H20BrClN4/c1-4-12-15(16)14(21(3)20-12)8-13(19-18)11-6-5-10(17)7-9(11)2/h5-7,13,19H,4,8,18H2,1-3H3. The van der Waals surface area contributed by atoms with E-state index in [1.165, 1.54) is 0 Å². The van der Waals surface area contributed by atoms with Crippen LogP contribution in [0.5, 0.6) is 0 Å². The summed E-state index contributed by atoms with van der Waals surface area (Å²) in [5.41, 5.74) is 7.37. The first kappa shape index (κ1) is 16.5. The predicted octanol–water partition coefficient (Wildman–Crippen LogP) is 3.45. The van der Waals surface area contributed by atoms with E-state index in [0.29, 0.717) is 0 Å². The molecule has 0 aliphatic carbocycles. The Morgan fingerprint density at radius 2 is 2.19 bits per heavy atom. The minimum Gasteiger partial charge on any atom is -0.271 e. The average Bonchev–Trinajstić information content (AvgIpc) is 2.72. The fourth-order valence-electron chi connectivity index (χ4n) is 2.52. The average molecular weight is 372 g/mol. The molecule has 0 saturated carbocycles. The number of nitrogens with two attached hydrogens (primary N) is 1. The third-order valence-electron chi connectivity index (χ3n) is 3.71. The van der Waals surface area contributed by atoms with Gasteiger partial charge in [-0.3, -0.25) is 16.0 Å². The minimum atomic E-state index is 0.0127. The van der Waals surface area contributed by atoms with Crippen molar-refractivity contribution in [2.45, 2.75) is 32.7 Å². The first-order valence-corrected chi connectivity index (χ1v) is 8.07. The molecular weight excluding hydrogens is 352 g/mol. The van der Waals surface area contributed by atoms with E-state index in [1.54, 1.807) is 0 Å². The van der Waals surface area contributed by atoms with E-state index in [0.717, 1.165) is 44.9 Å². The van der Waals surface area contributed by atoms with Gasteiger partial charge in [0.05, 0.1) is 21.9 Å². The highest BCUT2D eigenvalue weighted by molar-refractivity contribution is 9.10. The molecule has 114 valence electrons. The van der Waals surface area contributed by atoms with Gasteiger partial charge in [0.2, 0.25) is 0 Å². The van der Waals surface area contributed by atoms with E-state index in [9.17, 15) is 0 Å². The van der Waals surface area contributed by atoms with Gasteiger partial charge in [0.25, 0.3) is 0 Å². The lowest BCUT2D eigenvalue weighted by atomic mass is 9.98. The number of hydrogen-bond donors (Lipinski definition) is 2. The summed E-state index contributed by atoms with van der Waals surface area (Å²) in [6.45, 7) is 4.14. The lowest BCUT2D eigenvalue weighted by molar-refractivity contribution is 0.527. The Bertz CT molecular complexity index is 639. The zero-order valence-electron chi connectivity index (χ0n) is 12.5. The molecule has 0 aliphatic heterocycles. The van der Waals surface area contributed by atoms with Gasteiger partial charge >= 0.3 is 0 Å². The number of halogens is 2. The summed E-state index contributed by atoms with van der Waals surface area (Å²) in [5, 5.41) is 5.26. The van der Waals surface area contributed by atoms with Gasteiger partial charge in [0, 0.05) is 18.5 Å². The van der Waals surface area contributed by atoms with Crippen LogP contribution in [0.4, 0.5) is 0 Å². The molecule has 0 fully saturated rings. The van der Waals surface area contributed by atoms with Crippen LogP contribution in [0.15, 0.2) is 22.7 Å². The molecule has 0 amide bonds. The molecule has 1 aromatic carbocycles. The van der Waals surface area contributed by atoms with Crippen molar-refractivity contribution in [1.29, 1.82) is 0 Å². The zero-order chi connectivity index (χ0) is 15.6. The fourth-order valence-corrected chi connectivity index (χ4v) is 3.53. The second-order valence-electron chi connectivity index (χ2n) is 5.11. The van der Waals surface area contributed by atoms with Crippen molar-refractivity contribution in [3.63, 3.8) is 0 Å². The van der Waals surface area contributed by atoms with Crippen LogP contribution in [-0.4, -0.2) is 9.78 Å². The second-order valence-corrected chi connectivity index (χ2v) is 6.34. The van der Waals surface area contributed by atoms with E-state index in [4.69, 9.17) is 17.4 Å². The maximum Gasteiger partial charge on any atom is 0.0766 e. The largest absolute Gasteiger partial charge is 0.271 e. The van der Waals surface area contributed by atoms with Gasteiger partial charge in [0.1, 0.15) is 0 Å². The number of hydrogen-bond acceptors (Lipinski definition) is 3. The van der Waals surface area contributed by atoms with Crippen molar-refractivity contribution in [2.24, 2.45) is 12.9 Å². The smallest absolute Gasteiger partial charge is 0.0766 e. The molecular formula is C15H20BrClN4. The molecule has 2 rings (SSSR count). The first-order valence-electron chi connectivity index (χ1n) is 6.90. The zero-order valence-corrected chi connectivity index (χ0v) is 14.8. The van der Waals surface area contributed by atoms with Crippen LogP contribution in [-0.2, 0) is 19.9 Å². The number of aromatic nitrogens is 2. The van der Waals surface area contributed by atoms with E-state index in [2.05, 4.69) is 33.4 Å². The Morgan fingerprint density at radius 1 is 1.48 bits per heavy atom. The van der Waals surface area contributed by atoms with Crippen LogP contribution in [0.2, 0.25) is 5.02 Å². The third kappa shape index (κ3) is 3.48. The van der Waals surface area contributed by atoms with Crippen LogP contribution >= 0.6 is 27.5 Å². The topological polar surface area (TPSA) is 55.9 Å². The maximum atomic E-state index is 6.02. The van der Waals surface area contributed by atoms with Crippen molar-refractivity contribution >= 4 is 27.5 Å². The van der Waals surface area contributed by atoms with Crippen LogP contribution in [0, 0.1) is 6.92 Å². The van der Waals surface area contributed by atoms with Crippen molar-refractivity contribution in [3.05, 3.63) is 50.2 Å². The Morgan fingerprint density at radius 3 is 2.71 bits per heavy atom. The Hall–Kier alpha value is -0.880. The van der Waals surface area contributed by atoms with Crippen molar-refractivity contribution in [1.82, 2.24) is 15.2 Å². The summed E-state index contributed by atoms with van der Waals surface area (Å²) >= 11 is 9.67. The van der Waals surface area contributed by atoms with Crippen LogP contribution in [0.3, 0.4) is 0 Å². The Balaban J connectivity index is 2.33. The van der Waals surface area contributed by atoms with E-state index in [1.807, 2.05) is 36.9 Å². The third-order valence-corrected chi connectivity index (χ3v) is 4.86. The summed E-state index contributed by atoms with van der Waals surface area (Å²) in [6.07, 6.45) is 1.65. The number of rotatable bonds is 5. The van der Waals surface area contributed by atoms with Gasteiger partial charge in [0.15, 0.2) is 0 Å². The van der Waals surface area contributed by atoms with Crippen molar-refractivity contribution in [2.75, 3.05) is 0 Å². The molecule has 1 aromatic heterocycles. The molecule has 0 spiro atoms. The van der Waals surface area contributed by atoms with Gasteiger partial charge in [-0.2, -0.15) is 5.10 Å². The quantitative estimate of drug-likeness (QED) is 0.625. The molecule has 3 N–H and O–H groups in total. The number of nitrogens with zero attached hydrogens (tertiary/aromatic N) is 2. The summed E-state index contributed by atoms with van der Waals surface area (Å²) in [6, 6.07) is 5.88. The van der Waals surface area contributed by atoms with Crippen LogP contribution in [0.25, 0.3) is 0 Å². The van der Waals surface area contributed by atoms with E-state index >= 15 is 0 Å². The molecule has 0 radical (unpaired) electrons. The normalized spacial score (nSPS) is 12.7. The molecule has 4 nitrogen and oxygen atoms in total. The van der Waals surface area contributed by atoms with E-state index < -0.39 is 0 Å². The summed E-state index contributed by atoms with van der Waals surface area (Å²) < 4.78 is 2.98. The minimum absolute atomic E-state index is 0.0127. The first-order chi connectivity index (χ1) is 9.97. The fraction of sp³-hybridized carbons (Fsp3) is 0.400. The lowest BCUT2D eigenvalue weighted by Crippen LogP contribution is -2.30. The molecule has 1 atom stereocenters. The summed E-state index contributed by atoms with van der Waals surface area (Å²) in [5.74, 6) is 5.77. The number of benzene rings is 1. The van der Waals surface area contributed by atoms with Gasteiger partial charge in [-0.1, -0.05) is 24.6 Å². The predicted molar refractivity (Wildman–Crippen MR) is 90.2 cm³/mol. The Kier molecular flexibility index (Phi) is 5.43. The molecule has 2 aromatic rings. The van der Waals surface area contributed by atoms with Gasteiger partial charge in [-0.25, -0.2) is 0 Å². The molecule has 21 heavy (non-hydrogen) atoms. The SMILES string of the molecule is CCc1nn(C)c(CC(NN)c2ccc(Cl)cc2C)c1Br. The second kappa shape index (κ2) is 6.92. The highest BCUT2D eigenvalue weighted by Crippen LogP contribution is 2.28. The number of nitrogens with one attached hydrogen (secondary N) is 1. The highest BCUT2D eigenvalue weighted by Gasteiger charge is 2.19. The summed E-state index contributed by atoms with van der Waals surface area (Å²) in [4.78, 5) is 0. The van der Waals surface area contributed by atoms with Crippen molar-refractivity contribution in [3.8, 4) is 0 Å². The molecule has 0 saturated heterocycles. The molecule has 1 heterocycles. The number of aryl methyl sites for hydroxylation is 3. The van der Waals surface area contributed by atoms with Crippen LogP contribution < -0.4 is 11.3 Å². The van der Waals surface area contributed by atoms with Gasteiger partial charge < -0.3 is 0 Å². The molecule has 0 bridgehead atoms. The summed E-state index contributed by atoms with van der Waals surface area (Å²) in [7, 11) is 1.96. The molecule has 0 aliphatic rings. The monoisotopic (exact) mass is 370 g/mol. The maximum absolute atomic E-state index is 6.02. The molecule has 1 unspecified atom stereocenters. The lowest BCUT2D eigenvalue weighted by Gasteiger charge is -2.19. The van der Waals surface area contributed by atoms with Gasteiger partial charge in [-0.15, -0.1) is 0 Å². The molecule has 6 heteroatoms. The number of hydrazine groups is 1. The van der Waals surface area contributed by atoms with Crippen LogP contribution in [0.1, 0.15) is 35.5 Å².